The smallest absolute Gasteiger partial charge is 0.0474 e. The quantitative estimate of drug-likeness (QED) is 0.814. The van der Waals surface area contributed by atoms with E-state index in [1.165, 1.54) is 11.3 Å². The number of halogens is 1. The molecule has 3 heteroatoms. The zero-order valence-electron chi connectivity index (χ0n) is 10.4. The zero-order valence-corrected chi connectivity index (χ0v) is 11.2. The molecule has 2 rings (SSSR count). The van der Waals surface area contributed by atoms with E-state index in [9.17, 15) is 0 Å². The van der Waals surface area contributed by atoms with Gasteiger partial charge in [-0.25, -0.2) is 0 Å². The predicted octanol–water partition coefficient (Wildman–Crippen LogP) is 3.52. The molecule has 1 aliphatic heterocycles. The molecule has 1 unspecified atom stereocenters. The van der Waals surface area contributed by atoms with Gasteiger partial charge in [0.2, 0.25) is 0 Å². The third kappa shape index (κ3) is 2.82. The van der Waals surface area contributed by atoms with E-state index >= 15 is 0 Å². The number of hydrogen-bond acceptors (Lipinski definition) is 2. The first kappa shape index (κ1) is 12.5. The Morgan fingerprint density at radius 3 is 2.71 bits per heavy atom. The Labute approximate surface area is 108 Å². The Balaban J connectivity index is 2.20. The Bertz CT molecular complexity index is 438. The Hall–Kier alpha value is -0.990. The number of nitrogens with zero attached hydrogens (tertiary/aromatic N) is 1. The summed E-state index contributed by atoms with van der Waals surface area (Å²) in [7, 11) is 0. The van der Waals surface area contributed by atoms with Gasteiger partial charge >= 0.3 is 0 Å². The molecule has 0 saturated heterocycles. The predicted molar refractivity (Wildman–Crippen MR) is 74.6 cm³/mol. The fraction of sp³-hybridized carbons (Fsp3) is 0.429. The summed E-state index contributed by atoms with van der Waals surface area (Å²) in [5.74, 6) is 0. The second kappa shape index (κ2) is 5.11. The van der Waals surface area contributed by atoms with Gasteiger partial charge < -0.3 is 10.6 Å². The monoisotopic (exact) mass is 250 g/mol. The molecule has 17 heavy (non-hydrogen) atoms. The summed E-state index contributed by atoms with van der Waals surface area (Å²) in [5.41, 5.74) is 9.52. The minimum Gasteiger partial charge on any atom is -0.367 e. The fourth-order valence-electron chi connectivity index (χ4n) is 2.09. The van der Waals surface area contributed by atoms with E-state index in [0.29, 0.717) is 0 Å². The van der Waals surface area contributed by atoms with Gasteiger partial charge in [0.25, 0.3) is 0 Å². The van der Waals surface area contributed by atoms with Crippen molar-refractivity contribution in [2.24, 2.45) is 5.73 Å². The van der Waals surface area contributed by atoms with Crippen molar-refractivity contribution < 1.29 is 0 Å². The second-order valence-electron chi connectivity index (χ2n) is 4.74. The second-order valence-corrected chi connectivity index (χ2v) is 5.15. The van der Waals surface area contributed by atoms with Crippen molar-refractivity contribution in [1.29, 1.82) is 0 Å². The van der Waals surface area contributed by atoms with Crippen molar-refractivity contribution in [3.05, 3.63) is 40.4 Å². The Morgan fingerprint density at radius 2 is 2.18 bits per heavy atom. The molecular formula is C14H19ClN2. The van der Waals surface area contributed by atoms with Crippen molar-refractivity contribution in [3.63, 3.8) is 0 Å². The van der Waals surface area contributed by atoms with Gasteiger partial charge in [0, 0.05) is 29.8 Å². The van der Waals surface area contributed by atoms with E-state index < -0.39 is 0 Å². The average molecular weight is 251 g/mol. The van der Waals surface area contributed by atoms with Gasteiger partial charge in [-0.3, -0.25) is 0 Å². The molecule has 1 aromatic carbocycles. The highest BCUT2D eigenvalue weighted by Gasteiger charge is 2.12. The maximum absolute atomic E-state index is 6.25. The lowest BCUT2D eigenvalue weighted by Gasteiger charge is -2.28. The van der Waals surface area contributed by atoms with Gasteiger partial charge in [-0.1, -0.05) is 29.3 Å². The van der Waals surface area contributed by atoms with Crippen LogP contribution in [0.5, 0.6) is 0 Å². The molecule has 2 N–H and O–H groups in total. The largest absolute Gasteiger partial charge is 0.367 e. The van der Waals surface area contributed by atoms with Crippen LogP contribution in [0.1, 0.15) is 31.9 Å². The van der Waals surface area contributed by atoms with Crippen molar-refractivity contribution in [3.8, 4) is 0 Å². The summed E-state index contributed by atoms with van der Waals surface area (Å²) < 4.78 is 0. The number of benzene rings is 1. The summed E-state index contributed by atoms with van der Waals surface area (Å²) >= 11 is 6.25. The van der Waals surface area contributed by atoms with Gasteiger partial charge in [0.05, 0.1) is 0 Å². The number of hydrogen-bond donors (Lipinski definition) is 1. The molecule has 0 saturated carbocycles. The highest BCUT2D eigenvalue weighted by atomic mass is 35.5. The van der Waals surface area contributed by atoms with Crippen molar-refractivity contribution in [1.82, 2.24) is 0 Å². The van der Waals surface area contributed by atoms with Crippen LogP contribution in [0.2, 0.25) is 5.02 Å². The van der Waals surface area contributed by atoms with Crippen LogP contribution in [0.3, 0.4) is 0 Å². The third-order valence-corrected chi connectivity index (χ3v) is 3.60. The van der Waals surface area contributed by atoms with Gasteiger partial charge in [-0.05, 0) is 38.0 Å². The van der Waals surface area contributed by atoms with Crippen LogP contribution in [-0.2, 0) is 0 Å². The minimum atomic E-state index is -0.0138. The van der Waals surface area contributed by atoms with E-state index in [2.05, 4.69) is 24.0 Å². The molecule has 0 aliphatic carbocycles. The van der Waals surface area contributed by atoms with Crippen LogP contribution in [-0.4, -0.2) is 13.1 Å². The SMILES string of the molecule is CC1=CCN(c2ccc(C(C)N)c(Cl)c2)CC1. The molecule has 0 amide bonds. The van der Waals surface area contributed by atoms with E-state index in [1.807, 2.05) is 19.1 Å². The van der Waals surface area contributed by atoms with Gasteiger partial charge in [0.1, 0.15) is 0 Å². The van der Waals surface area contributed by atoms with Crippen LogP contribution in [0.4, 0.5) is 5.69 Å². The van der Waals surface area contributed by atoms with E-state index in [-0.39, 0.29) is 6.04 Å². The maximum Gasteiger partial charge on any atom is 0.0474 e. The summed E-state index contributed by atoms with van der Waals surface area (Å²) in [6, 6.07) is 6.15. The van der Waals surface area contributed by atoms with E-state index in [1.54, 1.807) is 0 Å². The maximum atomic E-state index is 6.25. The molecule has 2 nitrogen and oxygen atoms in total. The highest BCUT2D eigenvalue weighted by molar-refractivity contribution is 6.31. The number of nitrogens with two attached hydrogens (primary N) is 1. The van der Waals surface area contributed by atoms with Crippen LogP contribution in [0, 0.1) is 0 Å². The highest BCUT2D eigenvalue weighted by Crippen LogP contribution is 2.28. The van der Waals surface area contributed by atoms with E-state index in [4.69, 9.17) is 17.3 Å². The Kier molecular flexibility index (Phi) is 3.75. The molecule has 1 aliphatic rings. The van der Waals surface area contributed by atoms with E-state index in [0.717, 1.165) is 30.1 Å². The molecular weight excluding hydrogens is 232 g/mol. The molecule has 0 radical (unpaired) electrons. The lowest BCUT2D eigenvalue weighted by Crippen LogP contribution is -2.28. The van der Waals surface area contributed by atoms with Crippen LogP contribution < -0.4 is 10.6 Å². The molecule has 92 valence electrons. The number of rotatable bonds is 2. The molecule has 1 heterocycles. The molecule has 1 atom stereocenters. The Morgan fingerprint density at radius 1 is 1.41 bits per heavy atom. The number of anilines is 1. The fourth-order valence-corrected chi connectivity index (χ4v) is 2.43. The standard InChI is InChI=1S/C14H19ClN2/c1-10-5-7-17(8-6-10)12-3-4-13(11(2)16)14(15)9-12/h3-5,9,11H,6-8,16H2,1-2H3. The van der Waals surface area contributed by atoms with Crippen LogP contribution in [0.25, 0.3) is 0 Å². The summed E-state index contributed by atoms with van der Waals surface area (Å²) in [6.45, 7) is 6.17. The minimum absolute atomic E-state index is 0.0138. The summed E-state index contributed by atoms with van der Waals surface area (Å²) in [4.78, 5) is 2.34. The third-order valence-electron chi connectivity index (χ3n) is 3.28. The van der Waals surface area contributed by atoms with Gasteiger partial charge in [-0.15, -0.1) is 0 Å². The summed E-state index contributed by atoms with van der Waals surface area (Å²) in [5, 5.41) is 0.767. The van der Waals surface area contributed by atoms with Crippen molar-refractivity contribution in [2.75, 3.05) is 18.0 Å². The molecule has 0 bridgehead atoms. The van der Waals surface area contributed by atoms with Crippen molar-refractivity contribution in [2.45, 2.75) is 26.3 Å². The lowest BCUT2D eigenvalue weighted by atomic mass is 10.1. The lowest BCUT2D eigenvalue weighted by molar-refractivity contribution is 0.784. The first-order valence-corrected chi connectivity index (χ1v) is 6.41. The first-order chi connectivity index (χ1) is 8.08. The summed E-state index contributed by atoms with van der Waals surface area (Å²) in [6.07, 6.45) is 3.41. The van der Waals surface area contributed by atoms with Gasteiger partial charge in [0.15, 0.2) is 0 Å². The zero-order chi connectivity index (χ0) is 12.4. The van der Waals surface area contributed by atoms with Crippen LogP contribution >= 0.6 is 11.6 Å². The van der Waals surface area contributed by atoms with Crippen molar-refractivity contribution >= 4 is 17.3 Å². The molecule has 1 aromatic rings. The first-order valence-electron chi connectivity index (χ1n) is 6.03. The molecule has 0 fully saturated rings. The normalized spacial score (nSPS) is 17.9. The molecule has 0 aromatic heterocycles. The average Bonchev–Trinajstić information content (AvgIpc) is 2.29. The van der Waals surface area contributed by atoms with Gasteiger partial charge in [-0.2, -0.15) is 0 Å². The molecule has 0 spiro atoms. The van der Waals surface area contributed by atoms with Crippen LogP contribution in [0.15, 0.2) is 29.8 Å². The topological polar surface area (TPSA) is 29.3 Å².